The first-order valence-electron chi connectivity index (χ1n) is 6.55. The van der Waals surface area contributed by atoms with Gasteiger partial charge in [-0.05, 0) is 24.3 Å². The molecule has 0 fully saturated rings. The molecule has 7 nitrogen and oxygen atoms in total. The zero-order valence-electron chi connectivity index (χ0n) is 11.9. The number of phenols is 2. The van der Waals surface area contributed by atoms with Crippen LogP contribution in [0.3, 0.4) is 0 Å². The third-order valence-electron chi connectivity index (χ3n) is 2.82. The Morgan fingerprint density at radius 2 is 1.70 bits per heavy atom. The summed E-state index contributed by atoms with van der Waals surface area (Å²) >= 11 is 0. The number of benzene rings is 2. The molecular formula is C16H13NO6. The monoisotopic (exact) mass is 315 g/mol. The van der Waals surface area contributed by atoms with Crippen LogP contribution in [-0.2, 0) is 9.53 Å². The first-order chi connectivity index (χ1) is 11.0. The van der Waals surface area contributed by atoms with Gasteiger partial charge in [-0.3, -0.25) is 14.9 Å². The molecule has 2 rings (SSSR count). The molecule has 23 heavy (non-hydrogen) atoms. The molecule has 2 aromatic rings. The van der Waals surface area contributed by atoms with Gasteiger partial charge in [0.2, 0.25) is 0 Å². The van der Waals surface area contributed by atoms with E-state index in [1.807, 2.05) is 0 Å². The average molecular weight is 315 g/mol. The fourth-order valence-electron chi connectivity index (χ4n) is 1.73. The number of imide groups is 1. The summed E-state index contributed by atoms with van der Waals surface area (Å²) in [4.78, 5) is 35.0. The lowest BCUT2D eigenvalue weighted by atomic mass is 10.2. The molecule has 0 atom stereocenters. The number of nitrogens with one attached hydrogen (secondary N) is 1. The van der Waals surface area contributed by atoms with E-state index >= 15 is 0 Å². The highest BCUT2D eigenvalue weighted by Crippen LogP contribution is 2.23. The molecule has 0 bridgehead atoms. The van der Waals surface area contributed by atoms with Gasteiger partial charge in [0.15, 0.2) is 6.61 Å². The van der Waals surface area contributed by atoms with Crippen LogP contribution < -0.4 is 5.32 Å². The summed E-state index contributed by atoms with van der Waals surface area (Å²) in [7, 11) is 0. The number of carbonyl (C=O) groups excluding carboxylic acids is 3. The summed E-state index contributed by atoms with van der Waals surface area (Å²) < 4.78 is 4.70. The Hall–Kier alpha value is -3.35. The minimum atomic E-state index is -0.954. The Morgan fingerprint density at radius 3 is 2.35 bits per heavy atom. The van der Waals surface area contributed by atoms with Crippen molar-refractivity contribution in [3.05, 3.63) is 59.7 Å². The first-order valence-corrected chi connectivity index (χ1v) is 6.55. The molecular weight excluding hydrogens is 302 g/mol. The van der Waals surface area contributed by atoms with Gasteiger partial charge in [-0.15, -0.1) is 0 Å². The van der Waals surface area contributed by atoms with Crippen molar-refractivity contribution in [2.45, 2.75) is 0 Å². The van der Waals surface area contributed by atoms with Gasteiger partial charge in [-0.1, -0.05) is 18.2 Å². The zero-order chi connectivity index (χ0) is 16.8. The van der Waals surface area contributed by atoms with Crippen molar-refractivity contribution < 1.29 is 29.3 Å². The second-order valence-corrected chi connectivity index (χ2v) is 4.52. The van der Waals surface area contributed by atoms with Gasteiger partial charge in [0.1, 0.15) is 17.1 Å². The van der Waals surface area contributed by atoms with Crippen LogP contribution in [-0.4, -0.2) is 34.6 Å². The second-order valence-electron chi connectivity index (χ2n) is 4.52. The van der Waals surface area contributed by atoms with Gasteiger partial charge in [-0.2, -0.15) is 0 Å². The van der Waals surface area contributed by atoms with Crippen LogP contribution in [0.25, 0.3) is 0 Å². The summed E-state index contributed by atoms with van der Waals surface area (Å²) in [5.41, 5.74) is 0.0911. The third-order valence-corrected chi connectivity index (χ3v) is 2.82. The number of ether oxygens (including phenoxy) is 1. The lowest BCUT2D eigenvalue weighted by Gasteiger charge is -2.07. The number of phenolic OH excluding ortho intramolecular Hbond substituents is 2. The van der Waals surface area contributed by atoms with E-state index in [9.17, 15) is 19.5 Å². The highest BCUT2D eigenvalue weighted by Gasteiger charge is 2.16. The van der Waals surface area contributed by atoms with E-state index in [0.717, 1.165) is 12.1 Å². The molecule has 0 aliphatic rings. The SMILES string of the molecule is O=C(COC(=O)c1ccc(O)cc1O)NC(=O)c1ccccc1. The molecule has 0 saturated carbocycles. The number of esters is 1. The molecule has 0 unspecified atom stereocenters. The van der Waals surface area contributed by atoms with E-state index in [4.69, 9.17) is 9.84 Å². The Bertz CT molecular complexity index is 741. The summed E-state index contributed by atoms with van der Waals surface area (Å²) in [5, 5.41) is 20.7. The van der Waals surface area contributed by atoms with E-state index in [1.54, 1.807) is 18.2 Å². The fraction of sp³-hybridized carbons (Fsp3) is 0.0625. The number of hydrogen-bond acceptors (Lipinski definition) is 6. The Labute approximate surface area is 131 Å². The normalized spacial score (nSPS) is 9.91. The summed E-state index contributed by atoms with van der Waals surface area (Å²) in [5.74, 6) is -3.06. The fourth-order valence-corrected chi connectivity index (χ4v) is 1.73. The van der Waals surface area contributed by atoms with Crippen LogP contribution in [0.15, 0.2) is 48.5 Å². The molecule has 0 radical (unpaired) electrons. The largest absolute Gasteiger partial charge is 0.508 e. The Kier molecular flexibility index (Phi) is 4.93. The molecule has 2 amide bonds. The predicted molar refractivity (Wildman–Crippen MR) is 79.0 cm³/mol. The lowest BCUT2D eigenvalue weighted by molar-refractivity contribution is -0.123. The van der Waals surface area contributed by atoms with Gasteiger partial charge >= 0.3 is 5.97 Å². The molecule has 7 heteroatoms. The van der Waals surface area contributed by atoms with Crippen LogP contribution in [0.5, 0.6) is 11.5 Å². The van der Waals surface area contributed by atoms with Crippen molar-refractivity contribution in [1.82, 2.24) is 5.32 Å². The van der Waals surface area contributed by atoms with Crippen LogP contribution >= 0.6 is 0 Å². The van der Waals surface area contributed by atoms with Crippen LogP contribution in [0.2, 0.25) is 0 Å². The first kappa shape index (κ1) is 16.0. The predicted octanol–water partition coefficient (Wildman–Crippen LogP) is 1.21. The summed E-state index contributed by atoms with van der Waals surface area (Å²) in [6.07, 6.45) is 0. The molecule has 0 aromatic heterocycles. The standard InChI is InChI=1S/C16H13NO6/c18-11-6-7-12(13(19)8-11)16(22)23-9-14(20)17-15(21)10-4-2-1-3-5-10/h1-8,18-19H,9H2,(H,17,20,21). The molecule has 118 valence electrons. The highest BCUT2D eigenvalue weighted by atomic mass is 16.5. The van der Waals surface area contributed by atoms with Crippen molar-refractivity contribution in [2.24, 2.45) is 0 Å². The number of hydrogen-bond donors (Lipinski definition) is 3. The van der Waals surface area contributed by atoms with Crippen molar-refractivity contribution >= 4 is 17.8 Å². The van der Waals surface area contributed by atoms with E-state index in [-0.39, 0.29) is 11.3 Å². The second kappa shape index (κ2) is 7.08. The number of carbonyl (C=O) groups is 3. The van der Waals surface area contributed by atoms with E-state index < -0.39 is 30.1 Å². The minimum Gasteiger partial charge on any atom is -0.508 e. The minimum absolute atomic E-state index is 0.204. The Morgan fingerprint density at radius 1 is 1.00 bits per heavy atom. The van der Waals surface area contributed by atoms with Crippen molar-refractivity contribution in [3.8, 4) is 11.5 Å². The van der Waals surface area contributed by atoms with Gasteiger partial charge in [0, 0.05) is 11.6 Å². The third kappa shape index (κ3) is 4.31. The highest BCUT2D eigenvalue weighted by molar-refractivity contribution is 6.05. The maximum atomic E-state index is 11.7. The van der Waals surface area contributed by atoms with Crippen molar-refractivity contribution in [1.29, 1.82) is 0 Å². The number of aromatic hydroxyl groups is 2. The Balaban J connectivity index is 1.89. The molecule has 0 spiro atoms. The van der Waals surface area contributed by atoms with Gasteiger partial charge in [0.05, 0.1) is 0 Å². The number of amides is 2. The smallest absolute Gasteiger partial charge is 0.342 e. The quantitative estimate of drug-likeness (QED) is 0.731. The van der Waals surface area contributed by atoms with Crippen LogP contribution in [0, 0.1) is 0 Å². The van der Waals surface area contributed by atoms with Gasteiger partial charge < -0.3 is 14.9 Å². The number of rotatable bonds is 4. The molecule has 0 aliphatic carbocycles. The molecule has 0 heterocycles. The van der Waals surface area contributed by atoms with Gasteiger partial charge in [0.25, 0.3) is 11.8 Å². The molecule has 3 N–H and O–H groups in total. The lowest BCUT2D eigenvalue weighted by Crippen LogP contribution is -2.34. The van der Waals surface area contributed by atoms with Crippen LogP contribution in [0.1, 0.15) is 20.7 Å². The van der Waals surface area contributed by atoms with E-state index in [0.29, 0.717) is 5.56 Å². The van der Waals surface area contributed by atoms with Crippen molar-refractivity contribution in [3.63, 3.8) is 0 Å². The summed E-state index contributed by atoms with van der Waals surface area (Å²) in [6.45, 7) is -0.683. The van der Waals surface area contributed by atoms with Crippen molar-refractivity contribution in [2.75, 3.05) is 6.61 Å². The zero-order valence-corrected chi connectivity index (χ0v) is 11.9. The topological polar surface area (TPSA) is 113 Å². The summed E-state index contributed by atoms with van der Waals surface area (Å²) in [6, 6.07) is 11.4. The van der Waals surface area contributed by atoms with Gasteiger partial charge in [-0.25, -0.2) is 4.79 Å². The average Bonchev–Trinajstić information content (AvgIpc) is 2.53. The molecule has 0 saturated heterocycles. The molecule has 0 aliphatic heterocycles. The maximum Gasteiger partial charge on any atom is 0.342 e. The van der Waals surface area contributed by atoms with E-state index in [1.165, 1.54) is 18.2 Å². The van der Waals surface area contributed by atoms with E-state index in [2.05, 4.69) is 5.32 Å². The van der Waals surface area contributed by atoms with Crippen LogP contribution in [0.4, 0.5) is 0 Å². The molecule has 2 aromatic carbocycles. The maximum absolute atomic E-state index is 11.7.